The highest BCUT2D eigenvalue weighted by atomic mass is 35.5. The SMILES string of the molecule is Cc1ccc(C(=O)c2nn(-c3ccc(Cl)cc3)c(NCCCNC(=O)c3cc4ncccn4n3)c2C#N)cc1. The highest BCUT2D eigenvalue weighted by Gasteiger charge is 2.25. The summed E-state index contributed by atoms with van der Waals surface area (Å²) in [5, 5.41) is 25.4. The number of aryl methyl sites for hydroxylation is 1. The van der Waals surface area contributed by atoms with Gasteiger partial charge in [0.15, 0.2) is 17.0 Å². The minimum Gasteiger partial charge on any atom is -0.369 e. The molecule has 3 heterocycles. The summed E-state index contributed by atoms with van der Waals surface area (Å²) in [7, 11) is 0. The summed E-state index contributed by atoms with van der Waals surface area (Å²) >= 11 is 6.06. The van der Waals surface area contributed by atoms with Crippen LogP contribution in [0.15, 0.2) is 73.1 Å². The van der Waals surface area contributed by atoms with Gasteiger partial charge in [-0.15, -0.1) is 0 Å². The molecule has 194 valence electrons. The number of benzene rings is 2. The molecule has 5 aromatic rings. The Morgan fingerprint density at radius 3 is 2.54 bits per heavy atom. The third kappa shape index (κ3) is 5.49. The molecule has 0 unspecified atom stereocenters. The molecule has 2 N–H and O–H groups in total. The topological polar surface area (TPSA) is 130 Å². The molecular formula is C28H23ClN8O2. The number of halogens is 1. The van der Waals surface area contributed by atoms with Gasteiger partial charge in [-0.25, -0.2) is 14.2 Å². The van der Waals surface area contributed by atoms with Gasteiger partial charge in [0, 0.05) is 42.1 Å². The number of ketones is 1. The molecule has 0 saturated carbocycles. The molecule has 2 aromatic carbocycles. The van der Waals surface area contributed by atoms with Gasteiger partial charge < -0.3 is 10.6 Å². The largest absolute Gasteiger partial charge is 0.369 e. The average Bonchev–Trinajstić information content (AvgIpc) is 3.55. The second kappa shape index (κ2) is 11.2. The summed E-state index contributed by atoms with van der Waals surface area (Å²) in [6, 6.07) is 19.5. The lowest BCUT2D eigenvalue weighted by Crippen LogP contribution is -2.26. The second-order valence-corrected chi connectivity index (χ2v) is 9.19. The molecule has 1 amide bonds. The summed E-state index contributed by atoms with van der Waals surface area (Å²) in [6.45, 7) is 2.70. The van der Waals surface area contributed by atoms with Crippen LogP contribution in [0.1, 0.15) is 44.1 Å². The number of nitrogens with one attached hydrogen (secondary N) is 2. The van der Waals surface area contributed by atoms with E-state index in [1.54, 1.807) is 60.9 Å². The van der Waals surface area contributed by atoms with Crippen molar-refractivity contribution >= 4 is 34.8 Å². The Hall–Kier alpha value is -5.01. The number of nitrogens with zero attached hydrogens (tertiary/aromatic N) is 6. The molecule has 0 spiro atoms. The molecule has 0 saturated heterocycles. The molecule has 0 aliphatic heterocycles. The minimum atomic E-state index is -0.350. The summed E-state index contributed by atoms with van der Waals surface area (Å²) in [5.41, 5.74) is 3.13. The highest BCUT2D eigenvalue weighted by Crippen LogP contribution is 2.26. The summed E-state index contributed by atoms with van der Waals surface area (Å²) < 4.78 is 3.06. The van der Waals surface area contributed by atoms with Crippen LogP contribution in [0.2, 0.25) is 5.02 Å². The third-order valence-corrected chi connectivity index (χ3v) is 6.25. The number of aromatic nitrogens is 5. The van der Waals surface area contributed by atoms with Crippen molar-refractivity contribution in [2.45, 2.75) is 13.3 Å². The molecular weight excluding hydrogens is 516 g/mol. The van der Waals surface area contributed by atoms with Crippen molar-refractivity contribution in [2.75, 3.05) is 18.4 Å². The van der Waals surface area contributed by atoms with Gasteiger partial charge in [0.25, 0.3) is 5.91 Å². The van der Waals surface area contributed by atoms with E-state index >= 15 is 0 Å². The van der Waals surface area contributed by atoms with Crippen LogP contribution in [0, 0.1) is 18.3 Å². The predicted molar refractivity (Wildman–Crippen MR) is 146 cm³/mol. The number of carbonyl (C=O) groups excluding carboxylic acids is 2. The first-order valence-electron chi connectivity index (χ1n) is 12.2. The average molecular weight is 539 g/mol. The van der Waals surface area contributed by atoms with E-state index in [1.807, 2.05) is 19.1 Å². The van der Waals surface area contributed by atoms with E-state index in [1.165, 1.54) is 9.20 Å². The minimum absolute atomic E-state index is 0.0487. The van der Waals surface area contributed by atoms with Gasteiger partial charge in [-0.2, -0.15) is 15.5 Å². The van der Waals surface area contributed by atoms with E-state index in [0.29, 0.717) is 47.2 Å². The van der Waals surface area contributed by atoms with E-state index in [-0.39, 0.29) is 28.6 Å². The Bertz CT molecular complexity index is 1670. The quantitative estimate of drug-likeness (QED) is 0.212. The fourth-order valence-corrected chi connectivity index (χ4v) is 4.11. The smallest absolute Gasteiger partial charge is 0.271 e. The molecule has 0 bridgehead atoms. The number of nitriles is 1. The van der Waals surface area contributed by atoms with E-state index in [4.69, 9.17) is 11.6 Å². The zero-order valence-corrected chi connectivity index (χ0v) is 21.7. The lowest BCUT2D eigenvalue weighted by molar-refractivity contribution is 0.0947. The van der Waals surface area contributed by atoms with E-state index < -0.39 is 0 Å². The van der Waals surface area contributed by atoms with Crippen molar-refractivity contribution in [3.8, 4) is 11.8 Å². The molecule has 0 atom stereocenters. The third-order valence-electron chi connectivity index (χ3n) is 6.00. The zero-order valence-electron chi connectivity index (χ0n) is 20.9. The lowest BCUT2D eigenvalue weighted by atomic mass is 10.0. The van der Waals surface area contributed by atoms with Crippen molar-refractivity contribution in [1.29, 1.82) is 5.26 Å². The maximum atomic E-state index is 13.3. The van der Waals surface area contributed by atoms with Gasteiger partial charge >= 0.3 is 0 Å². The van der Waals surface area contributed by atoms with Crippen LogP contribution in [0.5, 0.6) is 0 Å². The van der Waals surface area contributed by atoms with E-state index in [0.717, 1.165) is 5.56 Å². The Morgan fingerprint density at radius 2 is 1.82 bits per heavy atom. The van der Waals surface area contributed by atoms with Crippen LogP contribution in [0.3, 0.4) is 0 Å². The lowest BCUT2D eigenvalue weighted by Gasteiger charge is -2.11. The first kappa shape index (κ1) is 25.6. The highest BCUT2D eigenvalue weighted by molar-refractivity contribution is 6.30. The van der Waals surface area contributed by atoms with Gasteiger partial charge in [0.2, 0.25) is 5.78 Å². The Balaban J connectivity index is 1.32. The molecule has 0 fully saturated rings. The number of carbonyl (C=O) groups is 2. The van der Waals surface area contributed by atoms with Crippen LogP contribution in [0.4, 0.5) is 5.82 Å². The van der Waals surface area contributed by atoms with Gasteiger partial charge in [-0.3, -0.25) is 9.59 Å². The van der Waals surface area contributed by atoms with Gasteiger partial charge in [-0.1, -0.05) is 41.4 Å². The summed E-state index contributed by atoms with van der Waals surface area (Å²) in [4.78, 5) is 30.0. The maximum absolute atomic E-state index is 13.3. The van der Waals surface area contributed by atoms with Crippen LogP contribution < -0.4 is 10.6 Å². The Morgan fingerprint density at radius 1 is 1.05 bits per heavy atom. The summed E-state index contributed by atoms with van der Waals surface area (Å²) in [6.07, 6.45) is 3.89. The predicted octanol–water partition coefficient (Wildman–Crippen LogP) is 4.21. The molecule has 0 aliphatic carbocycles. The molecule has 5 rings (SSSR count). The normalized spacial score (nSPS) is 10.8. The van der Waals surface area contributed by atoms with E-state index in [9.17, 15) is 14.9 Å². The van der Waals surface area contributed by atoms with Crippen LogP contribution in [-0.4, -0.2) is 49.2 Å². The van der Waals surface area contributed by atoms with Crippen molar-refractivity contribution in [1.82, 2.24) is 29.7 Å². The molecule has 11 heteroatoms. The molecule has 10 nitrogen and oxygen atoms in total. The second-order valence-electron chi connectivity index (χ2n) is 8.76. The first-order valence-corrected chi connectivity index (χ1v) is 12.6. The van der Waals surface area contributed by atoms with Crippen LogP contribution in [0.25, 0.3) is 11.3 Å². The number of hydrogen-bond acceptors (Lipinski definition) is 7. The van der Waals surface area contributed by atoms with Crippen LogP contribution in [-0.2, 0) is 0 Å². The number of amides is 1. The number of rotatable bonds is 9. The zero-order chi connectivity index (χ0) is 27.4. The van der Waals surface area contributed by atoms with Crippen molar-refractivity contribution < 1.29 is 9.59 Å². The van der Waals surface area contributed by atoms with E-state index in [2.05, 4.69) is 31.9 Å². The number of hydrogen-bond donors (Lipinski definition) is 2. The molecule has 39 heavy (non-hydrogen) atoms. The molecule has 0 radical (unpaired) electrons. The Labute approximate surface area is 228 Å². The standard InChI is InChI=1S/C28H23ClN8O2/c1-18-4-6-19(7-5-18)26(38)25-22(17-30)27(37(35-25)21-10-8-20(29)9-11-21)32-12-2-13-33-28(39)23-16-24-31-14-3-15-36(24)34-23/h3-11,14-16,32H,2,12-13H2,1H3,(H,33,39). The monoisotopic (exact) mass is 538 g/mol. The van der Waals surface area contributed by atoms with Crippen molar-refractivity contribution in [2.24, 2.45) is 0 Å². The van der Waals surface area contributed by atoms with Crippen LogP contribution >= 0.6 is 11.6 Å². The van der Waals surface area contributed by atoms with Gasteiger partial charge in [0.05, 0.1) is 5.69 Å². The fraction of sp³-hybridized carbons (Fsp3) is 0.143. The first-order chi connectivity index (χ1) is 18.9. The van der Waals surface area contributed by atoms with Gasteiger partial charge in [0.1, 0.15) is 17.5 Å². The summed E-state index contributed by atoms with van der Waals surface area (Å²) in [5.74, 6) is -0.278. The fourth-order valence-electron chi connectivity index (χ4n) is 3.99. The number of fused-ring (bicyclic) bond motifs is 1. The maximum Gasteiger partial charge on any atom is 0.271 e. The molecule has 3 aromatic heterocycles. The number of anilines is 1. The van der Waals surface area contributed by atoms with Crippen molar-refractivity contribution in [3.05, 3.63) is 106 Å². The van der Waals surface area contributed by atoms with Crippen molar-refractivity contribution in [3.63, 3.8) is 0 Å². The van der Waals surface area contributed by atoms with Gasteiger partial charge in [-0.05, 0) is 43.7 Å². The molecule has 0 aliphatic rings. The Kier molecular flexibility index (Phi) is 7.34.